The minimum Gasteiger partial charge on any atom is -0.381 e. The number of ether oxygens (including phenoxy) is 1. The molecule has 1 heterocycles. The predicted molar refractivity (Wildman–Crippen MR) is 81.7 cm³/mol. The topological polar surface area (TPSA) is 50.4 Å². The summed E-state index contributed by atoms with van der Waals surface area (Å²) in [5.41, 5.74) is 0. The molecule has 2 N–H and O–H groups in total. The molecule has 0 bridgehead atoms. The molecule has 1 saturated heterocycles. The number of unbranched alkanes of at least 4 members (excludes halogenated alkanes) is 3. The summed E-state index contributed by atoms with van der Waals surface area (Å²) in [6, 6.07) is 0.314. The molecule has 0 aromatic carbocycles. The molecule has 1 rings (SSSR count). The van der Waals surface area contributed by atoms with E-state index >= 15 is 0 Å². The van der Waals surface area contributed by atoms with Crippen LogP contribution in [0.15, 0.2) is 0 Å². The molecule has 0 atom stereocenters. The van der Waals surface area contributed by atoms with Gasteiger partial charge in [0.15, 0.2) is 0 Å². The Bertz CT molecular complexity index is 233. The molecule has 0 saturated carbocycles. The van der Waals surface area contributed by atoms with Crippen molar-refractivity contribution >= 4 is 17.7 Å². The van der Waals surface area contributed by atoms with Crippen molar-refractivity contribution in [1.29, 1.82) is 0 Å². The average molecular weight is 288 g/mol. The highest BCUT2D eigenvalue weighted by atomic mass is 32.2. The van der Waals surface area contributed by atoms with Crippen molar-refractivity contribution in [3.05, 3.63) is 0 Å². The predicted octanol–water partition coefficient (Wildman–Crippen LogP) is 1.79. The van der Waals surface area contributed by atoms with Gasteiger partial charge in [0, 0.05) is 19.3 Å². The zero-order valence-corrected chi connectivity index (χ0v) is 12.9. The number of carbonyl (C=O) groups excluding carboxylic acids is 1. The van der Waals surface area contributed by atoms with E-state index in [4.69, 9.17) is 4.74 Å². The Balaban J connectivity index is 1.87. The SMILES string of the molecule is CSCCCCCCNCC(=O)NC1CCOCC1. The minimum atomic E-state index is 0.120. The molecule has 1 fully saturated rings. The summed E-state index contributed by atoms with van der Waals surface area (Å²) in [5.74, 6) is 1.38. The molecule has 0 aliphatic carbocycles. The van der Waals surface area contributed by atoms with Crippen molar-refractivity contribution in [2.45, 2.75) is 44.6 Å². The molecule has 19 heavy (non-hydrogen) atoms. The number of hydrogen-bond acceptors (Lipinski definition) is 4. The molecule has 4 nitrogen and oxygen atoms in total. The van der Waals surface area contributed by atoms with Gasteiger partial charge in [-0.05, 0) is 44.2 Å². The lowest BCUT2D eigenvalue weighted by molar-refractivity contribution is -0.121. The van der Waals surface area contributed by atoms with E-state index in [-0.39, 0.29) is 5.91 Å². The Morgan fingerprint density at radius 2 is 1.95 bits per heavy atom. The van der Waals surface area contributed by atoms with Crippen LogP contribution in [0.2, 0.25) is 0 Å². The minimum absolute atomic E-state index is 0.120. The van der Waals surface area contributed by atoms with E-state index in [0.717, 1.165) is 32.6 Å². The first-order valence-electron chi connectivity index (χ1n) is 7.39. The Kier molecular flexibility index (Phi) is 10.2. The maximum absolute atomic E-state index is 11.7. The Hall–Kier alpha value is -0.260. The van der Waals surface area contributed by atoms with Crippen LogP contribution in [0.25, 0.3) is 0 Å². The lowest BCUT2D eigenvalue weighted by atomic mass is 10.1. The van der Waals surface area contributed by atoms with Crippen molar-refractivity contribution < 1.29 is 9.53 Å². The molecule has 0 unspecified atom stereocenters. The van der Waals surface area contributed by atoms with Crippen molar-refractivity contribution in [1.82, 2.24) is 10.6 Å². The third-order valence-electron chi connectivity index (χ3n) is 3.32. The summed E-state index contributed by atoms with van der Waals surface area (Å²) in [4.78, 5) is 11.7. The van der Waals surface area contributed by atoms with Crippen LogP contribution in [-0.2, 0) is 9.53 Å². The Morgan fingerprint density at radius 3 is 2.68 bits per heavy atom. The van der Waals surface area contributed by atoms with E-state index in [2.05, 4.69) is 16.9 Å². The van der Waals surface area contributed by atoms with E-state index < -0.39 is 0 Å². The molecule has 112 valence electrons. The summed E-state index contributed by atoms with van der Waals surface area (Å²) in [7, 11) is 0. The maximum Gasteiger partial charge on any atom is 0.234 e. The lowest BCUT2D eigenvalue weighted by Gasteiger charge is -2.23. The maximum atomic E-state index is 11.7. The van der Waals surface area contributed by atoms with E-state index in [1.54, 1.807) is 0 Å². The second-order valence-corrected chi connectivity index (χ2v) is 6.02. The Morgan fingerprint density at radius 1 is 1.21 bits per heavy atom. The summed E-state index contributed by atoms with van der Waals surface area (Å²) in [6.45, 7) is 2.94. The largest absolute Gasteiger partial charge is 0.381 e. The first-order chi connectivity index (χ1) is 9.33. The number of nitrogens with one attached hydrogen (secondary N) is 2. The van der Waals surface area contributed by atoms with E-state index in [9.17, 15) is 4.79 Å². The van der Waals surface area contributed by atoms with Crippen molar-refractivity contribution in [2.75, 3.05) is 38.3 Å². The monoisotopic (exact) mass is 288 g/mol. The first-order valence-corrected chi connectivity index (χ1v) is 8.79. The first kappa shape index (κ1) is 16.8. The van der Waals surface area contributed by atoms with Gasteiger partial charge in [0.05, 0.1) is 6.54 Å². The van der Waals surface area contributed by atoms with Crippen LogP contribution in [0.1, 0.15) is 38.5 Å². The van der Waals surface area contributed by atoms with Gasteiger partial charge in [-0.15, -0.1) is 0 Å². The molecule has 0 spiro atoms. The number of hydrogen-bond donors (Lipinski definition) is 2. The zero-order valence-electron chi connectivity index (χ0n) is 12.1. The van der Waals surface area contributed by atoms with Gasteiger partial charge in [-0.25, -0.2) is 0 Å². The fourth-order valence-electron chi connectivity index (χ4n) is 2.17. The quantitative estimate of drug-likeness (QED) is 0.602. The fraction of sp³-hybridized carbons (Fsp3) is 0.929. The van der Waals surface area contributed by atoms with Gasteiger partial charge in [0.25, 0.3) is 0 Å². The highest BCUT2D eigenvalue weighted by Crippen LogP contribution is 2.05. The molecule has 1 aliphatic heterocycles. The summed E-state index contributed by atoms with van der Waals surface area (Å²) >= 11 is 1.91. The molecule has 1 amide bonds. The van der Waals surface area contributed by atoms with Crippen LogP contribution in [0.4, 0.5) is 0 Å². The smallest absolute Gasteiger partial charge is 0.234 e. The van der Waals surface area contributed by atoms with Gasteiger partial charge in [-0.3, -0.25) is 4.79 Å². The third-order valence-corrected chi connectivity index (χ3v) is 4.02. The highest BCUT2D eigenvalue weighted by molar-refractivity contribution is 7.98. The fourth-order valence-corrected chi connectivity index (χ4v) is 2.67. The highest BCUT2D eigenvalue weighted by Gasteiger charge is 2.15. The van der Waals surface area contributed by atoms with Gasteiger partial charge in [-0.1, -0.05) is 12.8 Å². The van der Waals surface area contributed by atoms with Crippen LogP contribution in [0.5, 0.6) is 0 Å². The van der Waals surface area contributed by atoms with Gasteiger partial charge >= 0.3 is 0 Å². The van der Waals surface area contributed by atoms with E-state index in [1.807, 2.05) is 11.8 Å². The second kappa shape index (κ2) is 11.6. The molecular formula is C14H28N2O2S. The van der Waals surface area contributed by atoms with Crippen LogP contribution in [-0.4, -0.2) is 50.3 Å². The lowest BCUT2D eigenvalue weighted by Crippen LogP contribution is -2.43. The van der Waals surface area contributed by atoms with Crippen molar-refractivity contribution in [3.8, 4) is 0 Å². The van der Waals surface area contributed by atoms with Gasteiger partial charge in [-0.2, -0.15) is 11.8 Å². The second-order valence-electron chi connectivity index (χ2n) is 5.04. The van der Waals surface area contributed by atoms with Crippen LogP contribution >= 0.6 is 11.8 Å². The number of thioether (sulfide) groups is 1. The number of rotatable bonds is 10. The van der Waals surface area contributed by atoms with Crippen molar-refractivity contribution in [3.63, 3.8) is 0 Å². The molecular weight excluding hydrogens is 260 g/mol. The normalized spacial score (nSPS) is 16.5. The average Bonchev–Trinajstić information content (AvgIpc) is 2.43. The summed E-state index contributed by atoms with van der Waals surface area (Å²) in [5, 5.41) is 6.27. The van der Waals surface area contributed by atoms with Crippen LogP contribution in [0, 0.1) is 0 Å². The Labute approximate surface area is 121 Å². The number of amides is 1. The van der Waals surface area contributed by atoms with Crippen LogP contribution in [0.3, 0.4) is 0 Å². The van der Waals surface area contributed by atoms with Gasteiger partial charge in [0.1, 0.15) is 0 Å². The molecule has 0 aromatic heterocycles. The van der Waals surface area contributed by atoms with Crippen molar-refractivity contribution in [2.24, 2.45) is 0 Å². The number of carbonyl (C=O) groups is 1. The van der Waals surface area contributed by atoms with Gasteiger partial charge in [0.2, 0.25) is 5.91 Å². The van der Waals surface area contributed by atoms with E-state index in [0.29, 0.717) is 12.6 Å². The van der Waals surface area contributed by atoms with E-state index in [1.165, 1.54) is 31.4 Å². The summed E-state index contributed by atoms with van der Waals surface area (Å²) in [6.07, 6.45) is 9.08. The molecule has 1 aliphatic rings. The molecule has 0 aromatic rings. The third kappa shape index (κ3) is 9.30. The van der Waals surface area contributed by atoms with Crippen LogP contribution < -0.4 is 10.6 Å². The standard InChI is InChI=1S/C14H28N2O2S/c1-19-11-5-3-2-4-8-15-12-14(17)16-13-6-9-18-10-7-13/h13,15H,2-12H2,1H3,(H,16,17). The summed E-state index contributed by atoms with van der Waals surface area (Å²) < 4.78 is 5.27. The van der Waals surface area contributed by atoms with Gasteiger partial charge < -0.3 is 15.4 Å². The molecule has 5 heteroatoms. The molecule has 0 radical (unpaired) electrons. The zero-order chi connectivity index (χ0) is 13.8.